The van der Waals surface area contributed by atoms with E-state index in [1.807, 2.05) is 6.07 Å². The fraction of sp³-hybridized carbons (Fsp3) is 0.375. The van der Waals surface area contributed by atoms with Gasteiger partial charge in [0.1, 0.15) is 12.6 Å². The van der Waals surface area contributed by atoms with Gasteiger partial charge in [0.05, 0.1) is 0 Å². The number of ether oxygens (including phenoxy) is 1. The van der Waals surface area contributed by atoms with Gasteiger partial charge in [-0.25, -0.2) is 9.59 Å². The molecule has 1 aromatic rings. The van der Waals surface area contributed by atoms with Crippen LogP contribution in [-0.2, 0) is 25.7 Å². The van der Waals surface area contributed by atoms with Gasteiger partial charge in [-0.15, -0.1) is 0 Å². The normalized spacial score (nSPS) is 15.2. The maximum atomic E-state index is 11.7. The Morgan fingerprint density at radius 3 is 2.38 bits per heavy atom. The Bertz CT molecular complexity index is 615. The molecule has 0 aliphatic carbocycles. The van der Waals surface area contributed by atoms with Crippen molar-refractivity contribution in [1.29, 1.82) is 0 Å². The molecule has 1 aliphatic rings. The van der Waals surface area contributed by atoms with E-state index in [0.29, 0.717) is 0 Å². The van der Waals surface area contributed by atoms with Crippen LogP contribution in [0.25, 0.3) is 0 Å². The van der Waals surface area contributed by atoms with Crippen molar-refractivity contribution in [3.63, 3.8) is 0 Å². The summed E-state index contributed by atoms with van der Waals surface area (Å²) in [7, 11) is 0. The van der Waals surface area contributed by atoms with E-state index >= 15 is 0 Å². The number of benzene rings is 1. The lowest BCUT2D eigenvalue weighted by molar-refractivity contribution is -0.142. The minimum Gasteiger partial charge on any atom is -0.480 e. The van der Waals surface area contributed by atoms with Crippen LogP contribution < -0.4 is 5.32 Å². The number of carboxylic acid groups (broad SMARTS) is 1. The highest BCUT2D eigenvalue weighted by Gasteiger charge is 2.30. The Morgan fingerprint density at radius 2 is 1.79 bits per heavy atom. The number of rotatable bonds is 7. The summed E-state index contributed by atoms with van der Waals surface area (Å²) in [5.41, 5.74) is 0.771. The van der Waals surface area contributed by atoms with Gasteiger partial charge >= 0.3 is 12.1 Å². The largest absolute Gasteiger partial charge is 0.480 e. The Labute approximate surface area is 138 Å². The Balaban J connectivity index is 1.82. The maximum Gasteiger partial charge on any atom is 0.408 e. The first-order valence-electron chi connectivity index (χ1n) is 7.50. The SMILES string of the molecule is O=C(NC(CCN1C(=O)CCC1=O)C(=O)O)OCc1ccccc1. The summed E-state index contributed by atoms with van der Waals surface area (Å²) in [5, 5.41) is 11.4. The summed E-state index contributed by atoms with van der Waals surface area (Å²) < 4.78 is 4.96. The highest BCUT2D eigenvalue weighted by atomic mass is 16.5. The molecule has 2 rings (SSSR count). The molecule has 1 fully saturated rings. The van der Waals surface area contributed by atoms with Crippen molar-refractivity contribution in [3.05, 3.63) is 35.9 Å². The second-order valence-electron chi connectivity index (χ2n) is 5.32. The minimum absolute atomic E-state index is 0.0160. The van der Waals surface area contributed by atoms with Gasteiger partial charge in [0.15, 0.2) is 0 Å². The van der Waals surface area contributed by atoms with Crippen LogP contribution in [-0.4, -0.2) is 46.5 Å². The van der Waals surface area contributed by atoms with Gasteiger partial charge in [-0.1, -0.05) is 30.3 Å². The molecule has 8 heteroatoms. The minimum atomic E-state index is -1.26. The van der Waals surface area contributed by atoms with Crippen molar-refractivity contribution in [2.45, 2.75) is 31.9 Å². The monoisotopic (exact) mass is 334 g/mol. The molecule has 8 nitrogen and oxygen atoms in total. The fourth-order valence-electron chi connectivity index (χ4n) is 2.29. The van der Waals surface area contributed by atoms with Crippen LogP contribution in [0.15, 0.2) is 30.3 Å². The third-order valence-electron chi connectivity index (χ3n) is 3.60. The summed E-state index contributed by atoms with van der Waals surface area (Å²) in [6, 6.07) is 7.71. The molecule has 24 heavy (non-hydrogen) atoms. The van der Waals surface area contributed by atoms with E-state index in [2.05, 4.69) is 5.32 Å². The lowest BCUT2D eigenvalue weighted by Crippen LogP contribution is -2.44. The Morgan fingerprint density at radius 1 is 1.17 bits per heavy atom. The van der Waals surface area contributed by atoms with Crippen LogP contribution in [0.4, 0.5) is 4.79 Å². The van der Waals surface area contributed by atoms with Crippen molar-refractivity contribution in [1.82, 2.24) is 10.2 Å². The first kappa shape index (κ1) is 17.5. The lowest BCUT2D eigenvalue weighted by atomic mass is 10.2. The number of imide groups is 1. The zero-order chi connectivity index (χ0) is 17.5. The first-order valence-corrected chi connectivity index (χ1v) is 7.50. The highest BCUT2D eigenvalue weighted by molar-refractivity contribution is 6.01. The third kappa shape index (κ3) is 4.80. The van der Waals surface area contributed by atoms with Crippen molar-refractivity contribution in [3.8, 4) is 0 Å². The number of nitrogens with one attached hydrogen (secondary N) is 1. The molecule has 1 heterocycles. The number of alkyl carbamates (subject to hydrolysis) is 1. The van der Waals surface area contributed by atoms with Gasteiger partial charge in [0.2, 0.25) is 11.8 Å². The summed E-state index contributed by atoms with van der Waals surface area (Å²) in [4.78, 5) is 46.9. The van der Waals surface area contributed by atoms with E-state index in [1.54, 1.807) is 24.3 Å². The zero-order valence-electron chi connectivity index (χ0n) is 12.9. The smallest absolute Gasteiger partial charge is 0.408 e. The topological polar surface area (TPSA) is 113 Å². The molecule has 0 aromatic heterocycles. The van der Waals surface area contributed by atoms with Crippen molar-refractivity contribution >= 4 is 23.9 Å². The highest BCUT2D eigenvalue weighted by Crippen LogP contribution is 2.12. The quantitative estimate of drug-likeness (QED) is 0.717. The number of aliphatic carboxylic acids is 1. The average Bonchev–Trinajstić information content (AvgIpc) is 2.89. The predicted octanol–water partition coefficient (Wildman–Crippen LogP) is 0.905. The molecule has 1 aromatic carbocycles. The van der Waals surface area contributed by atoms with Crippen molar-refractivity contribution < 1.29 is 29.0 Å². The number of nitrogens with zero attached hydrogens (tertiary/aromatic N) is 1. The van der Waals surface area contributed by atoms with Crippen molar-refractivity contribution in [2.75, 3.05) is 6.54 Å². The van der Waals surface area contributed by atoms with Gasteiger partial charge in [0.25, 0.3) is 0 Å². The molecule has 1 atom stereocenters. The average molecular weight is 334 g/mol. The molecule has 1 saturated heterocycles. The van der Waals surface area contributed by atoms with E-state index in [4.69, 9.17) is 9.84 Å². The van der Waals surface area contributed by atoms with E-state index in [1.165, 1.54) is 0 Å². The van der Waals surface area contributed by atoms with Gasteiger partial charge in [-0.3, -0.25) is 14.5 Å². The number of carboxylic acids is 1. The molecule has 0 bridgehead atoms. The molecule has 0 saturated carbocycles. The van der Waals surface area contributed by atoms with Crippen LogP contribution >= 0.6 is 0 Å². The molecule has 1 unspecified atom stereocenters. The molecule has 2 N–H and O–H groups in total. The molecule has 128 valence electrons. The van der Waals surface area contributed by atoms with Crippen molar-refractivity contribution in [2.24, 2.45) is 0 Å². The van der Waals surface area contributed by atoms with Gasteiger partial charge < -0.3 is 15.2 Å². The number of carbonyl (C=O) groups excluding carboxylic acids is 3. The molecule has 1 aliphatic heterocycles. The Kier molecular flexibility index (Phi) is 5.89. The van der Waals surface area contributed by atoms with Crippen LogP contribution in [0, 0.1) is 0 Å². The predicted molar refractivity (Wildman–Crippen MR) is 81.8 cm³/mol. The summed E-state index contributed by atoms with van der Waals surface area (Å²) in [6.07, 6.45) is -0.662. The van der Waals surface area contributed by atoms with Gasteiger partial charge in [-0.2, -0.15) is 0 Å². The summed E-state index contributed by atoms with van der Waals surface area (Å²) in [5.74, 6) is -1.91. The molecule has 3 amide bonds. The second kappa shape index (κ2) is 8.09. The molecular weight excluding hydrogens is 316 g/mol. The maximum absolute atomic E-state index is 11.7. The van der Waals surface area contributed by atoms with Crippen LogP contribution in [0.2, 0.25) is 0 Å². The number of likely N-dealkylation sites (tertiary alicyclic amines) is 1. The summed E-state index contributed by atoms with van der Waals surface area (Å²) in [6.45, 7) is -0.0320. The van der Waals surface area contributed by atoms with E-state index in [0.717, 1.165) is 10.5 Å². The lowest BCUT2D eigenvalue weighted by Gasteiger charge is -2.18. The standard InChI is InChI=1S/C16H18N2O6/c19-13-6-7-14(20)18(13)9-8-12(15(21)22)17-16(23)24-10-11-4-2-1-3-5-11/h1-5,12H,6-10H2,(H,17,23)(H,21,22). The van der Waals surface area contributed by atoms with Crippen LogP contribution in [0.5, 0.6) is 0 Å². The van der Waals surface area contributed by atoms with Gasteiger partial charge in [0, 0.05) is 19.4 Å². The van der Waals surface area contributed by atoms with E-state index in [9.17, 15) is 19.2 Å². The number of carbonyl (C=O) groups is 4. The fourth-order valence-corrected chi connectivity index (χ4v) is 2.29. The zero-order valence-corrected chi connectivity index (χ0v) is 12.9. The van der Waals surface area contributed by atoms with Crippen LogP contribution in [0.1, 0.15) is 24.8 Å². The molecule has 0 radical (unpaired) electrons. The van der Waals surface area contributed by atoms with Crippen LogP contribution in [0.3, 0.4) is 0 Å². The molecule has 0 spiro atoms. The molecular formula is C16H18N2O6. The Hall–Kier alpha value is -2.90. The van der Waals surface area contributed by atoms with E-state index < -0.39 is 18.1 Å². The number of hydrogen-bond donors (Lipinski definition) is 2. The first-order chi connectivity index (χ1) is 11.5. The number of hydrogen-bond acceptors (Lipinski definition) is 5. The number of amides is 3. The summed E-state index contributed by atoms with van der Waals surface area (Å²) >= 11 is 0. The third-order valence-corrected chi connectivity index (χ3v) is 3.60. The second-order valence-corrected chi connectivity index (χ2v) is 5.32. The van der Waals surface area contributed by atoms with Gasteiger partial charge in [-0.05, 0) is 12.0 Å². The van der Waals surface area contributed by atoms with E-state index in [-0.39, 0.29) is 44.2 Å².